The lowest BCUT2D eigenvalue weighted by molar-refractivity contribution is -0.139. The molecular formula is C21H23Cl2N3O4. The molecule has 2 amide bonds. The van der Waals surface area contributed by atoms with Gasteiger partial charge in [-0.2, -0.15) is 5.10 Å². The van der Waals surface area contributed by atoms with Crippen molar-refractivity contribution in [2.24, 2.45) is 11.0 Å². The topological polar surface area (TPSA) is 89.0 Å². The Labute approximate surface area is 185 Å². The summed E-state index contributed by atoms with van der Waals surface area (Å²) in [6.45, 7) is 4.51. The van der Waals surface area contributed by atoms with Gasteiger partial charge in [-0.1, -0.05) is 43.1 Å². The molecule has 0 unspecified atom stereocenters. The summed E-state index contributed by atoms with van der Waals surface area (Å²) in [5.74, 6) is -0.335. The number of nitrogens with one attached hydrogen (secondary N) is 2. The van der Waals surface area contributed by atoms with Crippen molar-refractivity contribution >= 4 is 41.2 Å². The first-order chi connectivity index (χ1) is 14.3. The second-order valence-electron chi connectivity index (χ2n) is 6.74. The fourth-order valence-corrected chi connectivity index (χ4v) is 2.73. The molecule has 9 heteroatoms. The van der Waals surface area contributed by atoms with E-state index in [0.717, 1.165) is 5.56 Å². The number of hydrazone groups is 1. The van der Waals surface area contributed by atoms with Crippen molar-refractivity contribution in [2.45, 2.75) is 20.5 Å². The maximum Gasteiger partial charge on any atom is 0.329 e. The highest BCUT2D eigenvalue weighted by atomic mass is 35.5. The predicted molar refractivity (Wildman–Crippen MR) is 117 cm³/mol. The SMILES string of the molecule is COc1cc(/C=N\NC(=O)C(=O)NCC(C)C)ccc1OCc1ccc(Cl)cc1Cl. The number of benzene rings is 2. The minimum absolute atomic E-state index is 0.237. The van der Waals surface area contributed by atoms with Gasteiger partial charge in [0, 0.05) is 22.2 Å². The second-order valence-corrected chi connectivity index (χ2v) is 7.58. The van der Waals surface area contributed by atoms with Crippen molar-refractivity contribution in [2.75, 3.05) is 13.7 Å². The number of amides is 2. The third kappa shape index (κ3) is 7.24. The van der Waals surface area contributed by atoms with Crippen molar-refractivity contribution in [1.82, 2.24) is 10.7 Å². The van der Waals surface area contributed by atoms with Gasteiger partial charge in [-0.25, -0.2) is 5.43 Å². The monoisotopic (exact) mass is 451 g/mol. The Hall–Kier alpha value is -2.77. The Balaban J connectivity index is 1.97. The molecule has 0 fully saturated rings. The van der Waals surface area contributed by atoms with E-state index in [0.29, 0.717) is 33.7 Å². The summed E-state index contributed by atoms with van der Waals surface area (Å²) in [6.07, 6.45) is 1.40. The zero-order valence-electron chi connectivity index (χ0n) is 16.9. The number of methoxy groups -OCH3 is 1. The molecule has 2 N–H and O–H groups in total. The van der Waals surface area contributed by atoms with Gasteiger partial charge in [-0.3, -0.25) is 9.59 Å². The van der Waals surface area contributed by atoms with Gasteiger partial charge >= 0.3 is 11.8 Å². The molecule has 0 saturated heterocycles. The van der Waals surface area contributed by atoms with Gasteiger partial charge in [0.1, 0.15) is 6.61 Å². The van der Waals surface area contributed by atoms with Crippen LogP contribution in [0.5, 0.6) is 11.5 Å². The standard InChI is InChI=1S/C21H23Cl2N3O4/c1-13(2)10-24-20(27)21(28)26-25-11-14-4-7-18(19(8-14)29-3)30-12-15-5-6-16(22)9-17(15)23/h4-9,11,13H,10,12H2,1-3H3,(H,24,27)(H,26,28)/b25-11-. The van der Waals surface area contributed by atoms with Crippen LogP contribution in [-0.4, -0.2) is 31.7 Å². The summed E-state index contributed by atoms with van der Waals surface area (Å²) in [5, 5.41) is 7.37. The van der Waals surface area contributed by atoms with Gasteiger partial charge < -0.3 is 14.8 Å². The zero-order chi connectivity index (χ0) is 22.1. The van der Waals surface area contributed by atoms with E-state index < -0.39 is 11.8 Å². The van der Waals surface area contributed by atoms with Crippen LogP contribution >= 0.6 is 23.2 Å². The zero-order valence-corrected chi connectivity index (χ0v) is 18.4. The van der Waals surface area contributed by atoms with Crippen LogP contribution in [-0.2, 0) is 16.2 Å². The van der Waals surface area contributed by atoms with E-state index in [1.54, 1.807) is 36.4 Å². The fraction of sp³-hybridized carbons (Fsp3) is 0.286. The van der Waals surface area contributed by atoms with E-state index in [-0.39, 0.29) is 12.5 Å². The van der Waals surface area contributed by atoms with Crippen molar-refractivity contribution in [3.63, 3.8) is 0 Å². The van der Waals surface area contributed by atoms with E-state index >= 15 is 0 Å². The predicted octanol–water partition coefficient (Wildman–Crippen LogP) is 3.80. The second kappa shape index (κ2) is 11.4. The van der Waals surface area contributed by atoms with Gasteiger partial charge in [-0.15, -0.1) is 0 Å². The van der Waals surface area contributed by atoms with E-state index in [2.05, 4.69) is 15.8 Å². The number of rotatable bonds is 8. The molecule has 0 aliphatic heterocycles. The van der Waals surface area contributed by atoms with Gasteiger partial charge in [0.25, 0.3) is 0 Å². The third-order valence-corrected chi connectivity index (χ3v) is 4.43. The number of hydrogen-bond donors (Lipinski definition) is 2. The average molecular weight is 452 g/mol. The van der Waals surface area contributed by atoms with Crippen molar-refractivity contribution in [3.8, 4) is 11.5 Å². The lowest BCUT2D eigenvalue weighted by atomic mass is 10.2. The van der Waals surface area contributed by atoms with Crippen LogP contribution in [0.1, 0.15) is 25.0 Å². The van der Waals surface area contributed by atoms with Gasteiger partial charge in [0.05, 0.1) is 13.3 Å². The fourth-order valence-electron chi connectivity index (χ4n) is 2.27. The van der Waals surface area contributed by atoms with Crippen LogP contribution in [0.4, 0.5) is 0 Å². The average Bonchev–Trinajstić information content (AvgIpc) is 2.71. The molecule has 0 aromatic heterocycles. The Bertz CT molecular complexity index is 932. The number of halogens is 2. The minimum Gasteiger partial charge on any atom is -0.493 e. The molecule has 0 aliphatic rings. The highest BCUT2D eigenvalue weighted by molar-refractivity contribution is 6.35. The maximum absolute atomic E-state index is 11.7. The van der Waals surface area contributed by atoms with Crippen LogP contribution in [0.3, 0.4) is 0 Å². The number of ether oxygens (including phenoxy) is 2. The first-order valence-electron chi connectivity index (χ1n) is 9.16. The summed E-state index contributed by atoms with van der Waals surface area (Å²) < 4.78 is 11.1. The lowest BCUT2D eigenvalue weighted by Crippen LogP contribution is -2.39. The Morgan fingerprint density at radius 3 is 2.53 bits per heavy atom. The summed E-state index contributed by atoms with van der Waals surface area (Å²) >= 11 is 12.1. The highest BCUT2D eigenvalue weighted by Gasteiger charge is 2.12. The molecule has 2 aromatic carbocycles. The molecule has 0 bridgehead atoms. The van der Waals surface area contributed by atoms with Gasteiger partial charge in [-0.05, 0) is 41.8 Å². The number of nitrogens with zero attached hydrogens (tertiary/aromatic N) is 1. The molecule has 160 valence electrons. The Kier molecular flexibility index (Phi) is 8.95. The minimum atomic E-state index is -0.835. The maximum atomic E-state index is 11.7. The number of carbonyl (C=O) groups excluding carboxylic acids is 2. The molecule has 0 spiro atoms. The summed E-state index contributed by atoms with van der Waals surface area (Å²) in [5.41, 5.74) is 3.61. The molecule has 0 aliphatic carbocycles. The smallest absolute Gasteiger partial charge is 0.329 e. The molecule has 2 rings (SSSR count). The Morgan fingerprint density at radius 2 is 1.87 bits per heavy atom. The molecule has 30 heavy (non-hydrogen) atoms. The molecule has 7 nitrogen and oxygen atoms in total. The molecule has 0 radical (unpaired) electrons. The lowest BCUT2D eigenvalue weighted by Gasteiger charge is -2.12. The van der Waals surface area contributed by atoms with Crippen molar-refractivity contribution in [1.29, 1.82) is 0 Å². The van der Waals surface area contributed by atoms with Crippen LogP contribution in [0.15, 0.2) is 41.5 Å². The number of hydrogen-bond acceptors (Lipinski definition) is 5. The summed E-state index contributed by atoms with van der Waals surface area (Å²) in [7, 11) is 1.51. The Morgan fingerprint density at radius 1 is 1.10 bits per heavy atom. The molecule has 0 saturated carbocycles. The van der Waals surface area contributed by atoms with Crippen molar-refractivity contribution < 1.29 is 19.1 Å². The highest BCUT2D eigenvalue weighted by Crippen LogP contribution is 2.29. The van der Waals surface area contributed by atoms with Crippen LogP contribution < -0.4 is 20.2 Å². The molecular weight excluding hydrogens is 429 g/mol. The third-order valence-electron chi connectivity index (χ3n) is 3.84. The van der Waals surface area contributed by atoms with E-state index in [1.165, 1.54) is 13.3 Å². The van der Waals surface area contributed by atoms with E-state index in [9.17, 15) is 9.59 Å². The summed E-state index contributed by atoms with van der Waals surface area (Å²) in [4.78, 5) is 23.3. The largest absolute Gasteiger partial charge is 0.493 e. The quantitative estimate of drug-likeness (QED) is 0.362. The van der Waals surface area contributed by atoms with Gasteiger partial charge in [0.15, 0.2) is 11.5 Å². The van der Waals surface area contributed by atoms with Crippen LogP contribution in [0, 0.1) is 5.92 Å². The van der Waals surface area contributed by atoms with Crippen LogP contribution in [0.25, 0.3) is 0 Å². The first kappa shape index (κ1) is 23.5. The summed E-state index contributed by atoms with van der Waals surface area (Å²) in [6, 6.07) is 10.3. The van der Waals surface area contributed by atoms with Crippen molar-refractivity contribution in [3.05, 3.63) is 57.6 Å². The first-order valence-corrected chi connectivity index (χ1v) is 9.91. The normalized spacial score (nSPS) is 10.9. The van der Waals surface area contributed by atoms with Crippen LogP contribution in [0.2, 0.25) is 10.0 Å². The molecule has 2 aromatic rings. The molecule has 0 heterocycles. The molecule has 0 atom stereocenters. The van der Waals surface area contributed by atoms with Gasteiger partial charge in [0.2, 0.25) is 0 Å². The van der Waals surface area contributed by atoms with E-state index in [1.807, 2.05) is 13.8 Å². The van der Waals surface area contributed by atoms with E-state index in [4.69, 9.17) is 32.7 Å². The number of carbonyl (C=O) groups is 2.